The Morgan fingerprint density at radius 1 is 1.26 bits per heavy atom. The van der Waals surface area contributed by atoms with Crippen molar-refractivity contribution in [3.63, 3.8) is 0 Å². The molecule has 2 N–H and O–H groups in total. The molecule has 1 heterocycles. The Balaban J connectivity index is 0.00000480. The second kappa shape index (κ2) is 13.6. The van der Waals surface area contributed by atoms with E-state index in [1.807, 2.05) is 39.0 Å². The van der Waals surface area contributed by atoms with Crippen LogP contribution in [0.4, 0.5) is 0 Å². The predicted molar refractivity (Wildman–Crippen MR) is 139 cm³/mol. The van der Waals surface area contributed by atoms with Gasteiger partial charge < -0.3 is 20.3 Å². The van der Waals surface area contributed by atoms with Gasteiger partial charge in [0.2, 0.25) is 0 Å². The summed E-state index contributed by atoms with van der Waals surface area (Å²) in [6, 6.07) is 10.4. The van der Waals surface area contributed by atoms with E-state index in [-0.39, 0.29) is 42.0 Å². The molecule has 0 amide bonds. The van der Waals surface area contributed by atoms with Crippen LogP contribution in [0.25, 0.3) is 0 Å². The minimum atomic E-state index is -0.316. The molecular weight excluding hydrogens is 525 g/mol. The van der Waals surface area contributed by atoms with Gasteiger partial charge in [0.05, 0.1) is 30.9 Å². The minimum absolute atomic E-state index is 0. The molecule has 2 unspecified atom stereocenters. The van der Waals surface area contributed by atoms with Crippen molar-refractivity contribution in [1.29, 1.82) is 0 Å². The fraction of sp³-hybridized carbons (Fsp3) is 0.500. The van der Waals surface area contributed by atoms with Crippen molar-refractivity contribution in [2.24, 2.45) is 4.99 Å². The number of benzene rings is 1. The summed E-state index contributed by atoms with van der Waals surface area (Å²) in [5, 5.41) is 7.53. The lowest BCUT2D eigenvalue weighted by Crippen LogP contribution is -2.39. The number of ether oxygens (including phenoxy) is 1. The van der Waals surface area contributed by atoms with Crippen LogP contribution in [-0.2, 0) is 4.74 Å². The number of halogens is 1. The number of rotatable bonds is 9. The van der Waals surface area contributed by atoms with Crippen LogP contribution in [-0.4, -0.2) is 55.6 Å². The lowest BCUT2D eigenvalue weighted by Gasteiger charge is -2.24. The molecular formula is C22H34IN5O2S. The molecule has 2 aromatic rings. The van der Waals surface area contributed by atoms with Gasteiger partial charge in [-0.15, -0.1) is 35.3 Å². The van der Waals surface area contributed by atoms with Crippen LogP contribution < -0.4 is 10.6 Å². The van der Waals surface area contributed by atoms with E-state index in [1.54, 1.807) is 6.92 Å². The average Bonchev–Trinajstić information content (AvgIpc) is 3.11. The lowest BCUT2D eigenvalue weighted by atomic mass is 10.1. The Bertz CT molecular complexity index is 842. The number of aryl methyl sites for hydroxylation is 1. The van der Waals surface area contributed by atoms with Crippen LogP contribution in [0.15, 0.2) is 35.3 Å². The van der Waals surface area contributed by atoms with Gasteiger partial charge in [0.1, 0.15) is 9.88 Å². The van der Waals surface area contributed by atoms with E-state index in [4.69, 9.17) is 9.73 Å². The second-order valence-corrected chi connectivity index (χ2v) is 8.19. The first-order valence-electron chi connectivity index (χ1n) is 10.3. The zero-order chi connectivity index (χ0) is 22.1. The molecule has 0 radical (unpaired) electrons. The number of thiazole rings is 1. The number of likely N-dealkylation sites (N-methyl/N-ethyl adjacent to an activating group) is 1. The summed E-state index contributed by atoms with van der Waals surface area (Å²) in [5.41, 5.74) is 1.92. The first-order valence-corrected chi connectivity index (χ1v) is 11.1. The van der Waals surface area contributed by atoms with E-state index in [0.717, 1.165) is 17.5 Å². The number of esters is 1. The van der Waals surface area contributed by atoms with Crippen LogP contribution in [0.3, 0.4) is 0 Å². The summed E-state index contributed by atoms with van der Waals surface area (Å²) in [6.07, 6.45) is 0. The minimum Gasteiger partial charge on any atom is -0.462 e. The molecule has 31 heavy (non-hydrogen) atoms. The second-order valence-electron chi connectivity index (χ2n) is 7.16. The zero-order valence-electron chi connectivity index (χ0n) is 19.1. The van der Waals surface area contributed by atoms with Crippen LogP contribution in [0.2, 0.25) is 0 Å². The highest BCUT2D eigenvalue weighted by Gasteiger charge is 2.20. The molecule has 2 rings (SSSR count). The first kappa shape index (κ1) is 27.3. The van der Waals surface area contributed by atoms with Crippen LogP contribution in [0.5, 0.6) is 0 Å². The van der Waals surface area contributed by atoms with Gasteiger partial charge in [-0.3, -0.25) is 4.99 Å². The van der Waals surface area contributed by atoms with Gasteiger partial charge >= 0.3 is 5.97 Å². The molecule has 0 spiro atoms. The maximum atomic E-state index is 12.1. The molecule has 9 heteroatoms. The van der Waals surface area contributed by atoms with E-state index in [2.05, 4.69) is 46.7 Å². The van der Waals surface area contributed by atoms with E-state index < -0.39 is 0 Å². The quantitative estimate of drug-likeness (QED) is 0.208. The van der Waals surface area contributed by atoms with E-state index in [9.17, 15) is 4.79 Å². The van der Waals surface area contributed by atoms with Crippen LogP contribution >= 0.6 is 35.3 Å². The molecule has 7 nitrogen and oxygen atoms in total. The predicted octanol–water partition coefficient (Wildman–Crippen LogP) is 4.17. The standard InChI is InChI=1S/C22H33N5O2S.HI/c1-7-23-22(24-14-18(27(5)6)17-12-10-9-11-13-17)26-16(4)20-25-15(3)19(30-20)21(28)29-8-2;/h9-13,16,18H,7-8,14H2,1-6H3,(H2,23,24,26);1H. The van der Waals surface area contributed by atoms with Gasteiger partial charge in [-0.2, -0.15) is 0 Å². The molecule has 0 aliphatic heterocycles. The van der Waals surface area contributed by atoms with Crippen molar-refractivity contribution in [3.05, 3.63) is 51.5 Å². The van der Waals surface area contributed by atoms with Crippen molar-refractivity contribution in [2.75, 3.05) is 33.8 Å². The molecule has 0 aliphatic carbocycles. The Kier molecular flexibility index (Phi) is 12.0. The highest BCUT2D eigenvalue weighted by Crippen LogP contribution is 2.24. The summed E-state index contributed by atoms with van der Waals surface area (Å²) in [7, 11) is 4.12. The number of guanidine groups is 1. The monoisotopic (exact) mass is 559 g/mol. The first-order chi connectivity index (χ1) is 14.4. The Hall–Kier alpha value is -1.72. The number of aliphatic imine (C=N–C) groups is 1. The fourth-order valence-electron chi connectivity index (χ4n) is 3.00. The average molecular weight is 560 g/mol. The van der Waals surface area contributed by atoms with Crippen LogP contribution in [0, 0.1) is 6.92 Å². The molecule has 0 aliphatic rings. The summed E-state index contributed by atoms with van der Waals surface area (Å²) >= 11 is 1.36. The fourth-order valence-corrected chi connectivity index (χ4v) is 3.96. The van der Waals surface area contributed by atoms with E-state index in [0.29, 0.717) is 23.7 Å². The van der Waals surface area contributed by atoms with Crippen molar-refractivity contribution in [2.45, 2.75) is 39.8 Å². The van der Waals surface area contributed by atoms with Gasteiger partial charge in [0.15, 0.2) is 5.96 Å². The molecule has 0 fully saturated rings. The molecule has 0 bridgehead atoms. The van der Waals surface area contributed by atoms with Gasteiger partial charge in [0.25, 0.3) is 0 Å². The number of hydrogen-bond donors (Lipinski definition) is 2. The molecule has 1 aromatic carbocycles. The Morgan fingerprint density at radius 3 is 2.52 bits per heavy atom. The van der Waals surface area contributed by atoms with Crippen molar-refractivity contribution in [3.8, 4) is 0 Å². The number of nitrogens with one attached hydrogen (secondary N) is 2. The van der Waals surface area contributed by atoms with Crippen molar-refractivity contribution < 1.29 is 9.53 Å². The third kappa shape index (κ3) is 8.04. The van der Waals surface area contributed by atoms with Gasteiger partial charge in [-0.25, -0.2) is 9.78 Å². The van der Waals surface area contributed by atoms with Crippen molar-refractivity contribution in [1.82, 2.24) is 20.5 Å². The smallest absolute Gasteiger partial charge is 0.350 e. The highest BCUT2D eigenvalue weighted by atomic mass is 127. The highest BCUT2D eigenvalue weighted by molar-refractivity contribution is 14.0. The normalized spacial score (nSPS) is 13.3. The third-order valence-corrected chi connectivity index (χ3v) is 5.89. The summed E-state index contributed by atoms with van der Waals surface area (Å²) in [6.45, 7) is 9.40. The molecule has 172 valence electrons. The summed E-state index contributed by atoms with van der Waals surface area (Å²) in [5.74, 6) is 0.404. The van der Waals surface area contributed by atoms with Crippen molar-refractivity contribution >= 4 is 47.2 Å². The summed E-state index contributed by atoms with van der Waals surface area (Å²) in [4.78, 5) is 24.2. The Labute approximate surface area is 206 Å². The summed E-state index contributed by atoms with van der Waals surface area (Å²) < 4.78 is 5.12. The number of aromatic nitrogens is 1. The largest absolute Gasteiger partial charge is 0.462 e. The van der Waals surface area contributed by atoms with Crippen LogP contribution in [0.1, 0.15) is 58.8 Å². The molecule has 1 aromatic heterocycles. The molecule has 0 saturated carbocycles. The SMILES string of the molecule is CCNC(=NCC(c1ccccc1)N(C)C)NC(C)c1nc(C)c(C(=O)OCC)s1.I. The van der Waals surface area contributed by atoms with E-state index >= 15 is 0 Å². The maximum Gasteiger partial charge on any atom is 0.350 e. The van der Waals surface area contributed by atoms with E-state index in [1.165, 1.54) is 16.9 Å². The van der Waals surface area contributed by atoms with Gasteiger partial charge in [-0.05, 0) is 47.4 Å². The topological polar surface area (TPSA) is 78.9 Å². The van der Waals surface area contributed by atoms with Gasteiger partial charge in [0, 0.05) is 6.54 Å². The number of carbonyl (C=O) groups is 1. The van der Waals surface area contributed by atoms with Gasteiger partial charge in [-0.1, -0.05) is 30.3 Å². The number of carbonyl (C=O) groups excluding carboxylic acids is 1. The molecule has 2 atom stereocenters. The maximum absolute atomic E-state index is 12.1. The number of nitrogens with zero attached hydrogens (tertiary/aromatic N) is 3. The zero-order valence-corrected chi connectivity index (χ0v) is 22.3. The third-order valence-electron chi connectivity index (χ3n) is 4.57. The number of hydrogen-bond acceptors (Lipinski definition) is 6. The lowest BCUT2D eigenvalue weighted by molar-refractivity contribution is 0.0531. The Morgan fingerprint density at radius 2 is 1.94 bits per heavy atom. The molecule has 0 saturated heterocycles.